The molecule has 0 rings (SSSR count). The smallest absolute Gasteiger partial charge is 0.0247 e. The third kappa shape index (κ3) is 3.08. The van der Waals surface area contributed by atoms with Crippen molar-refractivity contribution in [1.82, 2.24) is 0 Å². The second-order valence-electron chi connectivity index (χ2n) is 3.11. The highest BCUT2D eigenvalue weighted by molar-refractivity contribution is 5.40. The lowest BCUT2D eigenvalue weighted by atomic mass is 9.98. The van der Waals surface area contributed by atoms with Crippen molar-refractivity contribution >= 4 is 0 Å². The minimum atomic E-state index is 1.02. The Balaban J connectivity index is 4.60. The highest BCUT2D eigenvalue weighted by Crippen LogP contribution is 2.20. The summed E-state index contributed by atoms with van der Waals surface area (Å²) in [5.74, 6) is 0. The van der Waals surface area contributed by atoms with E-state index in [2.05, 4.69) is 33.9 Å². The van der Waals surface area contributed by atoms with Crippen molar-refractivity contribution in [3.8, 4) is 0 Å². The zero-order valence-electron chi connectivity index (χ0n) is 8.61. The molecule has 0 saturated heterocycles. The van der Waals surface area contributed by atoms with Crippen LogP contribution in [0.2, 0.25) is 0 Å². The molecule has 0 aromatic rings. The van der Waals surface area contributed by atoms with Gasteiger partial charge in [0.25, 0.3) is 0 Å². The number of rotatable bonds is 5. The normalized spacial score (nSPS) is 12.2. The maximum Gasteiger partial charge on any atom is -0.0247 e. The molecule has 0 aliphatic heterocycles. The molecule has 0 aromatic heterocycles. The average molecular weight is 164 g/mol. The Morgan fingerprint density at radius 3 is 2.25 bits per heavy atom. The molecule has 0 saturated carbocycles. The largest absolute Gasteiger partial charge is 0.0985 e. The first kappa shape index (κ1) is 11.2. The SMILES string of the molecule is C=C/C(C(=C)CC)=C(/C)CCC. The molecule has 0 aliphatic carbocycles. The van der Waals surface area contributed by atoms with Gasteiger partial charge >= 0.3 is 0 Å². The molecule has 0 radical (unpaired) electrons. The van der Waals surface area contributed by atoms with Gasteiger partial charge in [-0.25, -0.2) is 0 Å². The fourth-order valence-electron chi connectivity index (χ4n) is 1.32. The molecule has 0 nitrogen and oxygen atoms in total. The quantitative estimate of drug-likeness (QED) is 0.533. The van der Waals surface area contributed by atoms with Crippen LogP contribution in [0.15, 0.2) is 36.0 Å². The second-order valence-corrected chi connectivity index (χ2v) is 3.11. The fraction of sp³-hybridized carbons (Fsp3) is 0.500. The van der Waals surface area contributed by atoms with Crippen molar-refractivity contribution in [3.05, 3.63) is 36.0 Å². The van der Waals surface area contributed by atoms with Crippen LogP contribution in [0.1, 0.15) is 40.0 Å². The third-order valence-electron chi connectivity index (χ3n) is 2.10. The van der Waals surface area contributed by atoms with Crippen molar-refractivity contribution in [2.45, 2.75) is 40.0 Å². The molecule has 0 spiro atoms. The topological polar surface area (TPSA) is 0 Å². The van der Waals surface area contributed by atoms with Gasteiger partial charge in [-0.05, 0) is 30.9 Å². The standard InChI is InChI=1S/C12H20/c1-6-9-11(5)12(8-3)10(4)7-2/h8H,3-4,6-7,9H2,1-2,5H3/b12-11+. The molecule has 0 heteroatoms. The van der Waals surface area contributed by atoms with Gasteiger partial charge in [-0.3, -0.25) is 0 Å². The Labute approximate surface area is 76.7 Å². The third-order valence-corrected chi connectivity index (χ3v) is 2.10. The van der Waals surface area contributed by atoms with Crippen molar-refractivity contribution < 1.29 is 0 Å². The lowest BCUT2D eigenvalue weighted by Gasteiger charge is -2.08. The number of hydrogen-bond donors (Lipinski definition) is 0. The zero-order valence-corrected chi connectivity index (χ0v) is 8.61. The average Bonchev–Trinajstić information content (AvgIpc) is 2.06. The van der Waals surface area contributed by atoms with Gasteiger partial charge in [0.15, 0.2) is 0 Å². The molecule has 0 aromatic carbocycles. The molecule has 0 bridgehead atoms. The Kier molecular flexibility index (Phi) is 5.44. The summed E-state index contributed by atoms with van der Waals surface area (Å²) in [5.41, 5.74) is 3.88. The van der Waals surface area contributed by atoms with Gasteiger partial charge < -0.3 is 0 Å². The van der Waals surface area contributed by atoms with E-state index >= 15 is 0 Å². The van der Waals surface area contributed by atoms with E-state index in [1.807, 2.05) is 6.08 Å². The summed E-state index contributed by atoms with van der Waals surface area (Å²) in [6, 6.07) is 0. The Morgan fingerprint density at radius 1 is 1.33 bits per heavy atom. The van der Waals surface area contributed by atoms with Gasteiger partial charge in [0.05, 0.1) is 0 Å². The maximum absolute atomic E-state index is 4.02. The fourth-order valence-corrected chi connectivity index (χ4v) is 1.32. The van der Waals surface area contributed by atoms with E-state index in [1.54, 1.807) is 0 Å². The van der Waals surface area contributed by atoms with Crippen LogP contribution in [0, 0.1) is 0 Å². The molecule has 0 N–H and O–H groups in total. The molecule has 0 fully saturated rings. The summed E-state index contributed by atoms with van der Waals surface area (Å²) in [5, 5.41) is 0. The highest BCUT2D eigenvalue weighted by Gasteiger charge is 2.00. The summed E-state index contributed by atoms with van der Waals surface area (Å²) in [6.45, 7) is 14.3. The van der Waals surface area contributed by atoms with Gasteiger partial charge in [-0.1, -0.05) is 45.1 Å². The van der Waals surface area contributed by atoms with Crippen LogP contribution >= 0.6 is 0 Å². The van der Waals surface area contributed by atoms with Gasteiger partial charge in [0, 0.05) is 0 Å². The first-order chi connectivity index (χ1) is 5.67. The Hall–Kier alpha value is -0.780. The van der Waals surface area contributed by atoms with Crippen molar-refractivity contribution in [3.63, 3.8) is 0 Å². The van der Waals surface area contributed by atoms with Crippen LogP contribution < -0.4 is 0 Å². The van der Waals surface area contributed by atoms with E-state index in [1.165, 1.54) is 23.1 Å². The van der Waals surface area contributed by atoms with E-state index < -0.39 is 0 Å². The monoisotopic (exact) mass is 164 g/mol. The summed E-state index contributed by atoms with van der Waals surface area (Å²) in [7, 11) is 0. The Bertz CT molecular complexity index is 194. The zero-order chi connectivity index (χ0) is 9.56. The van der Waals surface area contributed by atoms with E-state index in [0.29, 0.717) is 0 Å². The molecular formula is C12H20. The van der Waals surface area contributed by atoms with Gasteiger partial charge in [0.2, 0.25) is 0 Å². The number of allylic oxidation sites excluding steroid dienone is 4. The van der Waals surface area contributed by atoms with Gasteiger partial charge in [0.1, 0.15) is 0 Å². The predicted molar refractivity (Wildman–Crippen MR) is 57.2 cm³/mol. The summed E-state index contributed by atoms with van der Waals surface area (Å²) in [4.78, 5) is 0. The van der Waals surface area contributed by atoms with Gasteiger partial charge in [-0.15, -0.1) is 0 Å². The summed E-state index contributed by atoms with van der Waals surface area (Å²) < 4.78 is 0. The summed E-state index contributed by atoms with van der Waals surface area (Å²) in [6.07, 6.45) is 5.29. The predicted octanol–water partition coefficient (Wildman–Crippen LogP) is 4.26. The Morgan fingerprint density at radius 2 is 1.92 bits per heavy atom. The van der Waals surface area contributed by atoms with Crippen molar-refractivity contribution in [2.24, 2.45) is 0 Å². The maximum atomic E-state index is 4.02. The molecular weight excluding hydrogens is 144 g/mol. The number of hydrogen-bond acceptors (Lipinski definition) is 0. The van der Waals surface area contributed by atoms with Crippen LogP contribution in [-0.2, 0) is 0 Å². The van der Waals surface area contributed by atoms with Crippen LogP contribution in [0.3, 0.4) is 0 Å². The van der Waals surface area contributed by atoms with Crippen molar-refractivity contribution in [1.29, 1.82) is 0 Å². The van der Waals surface area contributed by atoms with Crippen molar-refractivity contribution in [2.75, 3.05) is 0 Å². The molecule has 0 unspecified atom stereocenters. The lowest BCUT2D eigenvalue weighted by Crippen LogP contribution is -1.88. The minimum absolute atomic E-state index is 1.02. The first-order valence-electron chi connectivity index (χ1n) is 4.67. The molecule has 68 valence electrons. The molecule has 0 aliphatic rings. The first-order valence-corrected chi connectivity index (χ1v) is 4.67. The van der Waals surface area contributed by atoms with E-state index in [9.17, 15) is 0 Å². The van der Waals surface area contributed by atoms with E-state index in [-0.39, 0.29) is 0 Å². The van der Waals surface area contributed by atoms with Gasteiger partial charge in [-0.2, -0.15) is 0 Å². The highest BCUT2D eigenvalue weighted by atomic mass is 14.1. The second kappa shape index (κ2) is 5.82. The molecule has 0 heterocycles. The molecule has 0 atom stereocenters. The van der Waals surface area contributed by atoms with E-state index in [0.717, 1.165) is 12.8 Å². The van der Waals surface area contributed by atoms with E-state index in [4.69, 9.17) is 0 Å². The lowest BCUT2D eigenvalue weighted by molar-refractivity contribution is 0.893. The minimum Gasteiger partial charge on any atom is -0.0985 e. The molecule has 12 heavy (non-hydrogen) atoms. The summed E-state index contributed by atoms with van der Waals surface area (Å²) >= 11 is 0. The van der Waals surface area contributed by atoms with Crippen LogP contribution in [0.5, 0.6) is 0 Å². The van der Waals surface area contributed by atoms with Crippen LogP contribution in [0.4, 0.5) is 0 Å². The molecule has 0 amide bonds. The van der Waals surface area contributed by atoms with Crippen LogP contribution in [0.25, 0.3) is 0 Å². The van der Waals surface area contributed by atoms with Crippen LogP contribution in [-0.4, -0.2) is 0 Å².